The standard InChI is InChI=1S/C15H22N2S/c1-11(2)8-9-12(16-3)10-15-17-13-6-4-5-7-14(13)18-15/h4-7,11-12,16H,8-10H2,1-3H3. The summed E-state index contributed by atoms with van der Waals surface area (Å²) in [5.74, 6) is 0.774. The van der Waals surface area contributed by atoms with Crippen LogP contribution in [0, 0.1) is 5.92 Å². The lowest BCUT2D eigenvalue weighted by atomic mass is 10.0. The van der Waals surface area contributed by atoms with E-state index < -0.39 is 0 Å². The highest BCUT2D eigenvalue weighted by molar-refractivity contribution is 7.18. The number of rotatable bonds is 6. The molecule has 0 saturated carbocycles. The van der Waals surface area contributed by atoms with E-state index in [1.165, 1.54) is 22.5 Å². The third-order valence-electron chi connectivity index (χ3n) is 3.26. The van der Waals surface area contributed by atoms with Crippen molar-refractivity contribution in [2.24, 2.45) is 5.92 Å². The van der Waals surface area contributed by atoms with Crippen LogP contribution in [0.2, 0.25) is 0 Å². The fourth-order valence-corrected chi connectivity index (χ4v) is 3.15. The number of aromatic nitrogens is 1. The minimum Gasteiger partial charge on any atom is -0.317 e. The number of nitrogens with one attached hydrogen (secondary N) is 1. The van der Waals surface area contributed by atoms with Gasteiger partial charge in [-0.15, -0.1) is 11.3 Å². The fourth-order valence-electron chi connectivity index (χ4n) is 2.10. The van der Waals surface area contributed by atoms with Gasteiger partial charge in [0, 0.05) is 12.5 Å². The van der Waals surface area contributed by atoms with Crippen molar-refractivity contribution in [1.82, 2.24) is 10.3 Å². The van der Waals surface area contributed by atoms with Crippen molar-refractivity contribution in [2.75, 3.05) is 7.05 Å². The third-order valence-corrected chi connectivity index (χ3v) is 4.32. The molecule has 1 atom stereocenters. The van der Waals surface area contributed by atoms with Crippen LogP contribution >= 0.6 is 11.3 Å². The van der Waals surface area contributed by atoms with E-state index in [1.807, 2.05) is 11.3 Å². The maximum Gasteiger partial charge on any atom is 0.0954 e. The Bertz CT molecular complexity index is 457. The summed E-state index contributed by atoms with van der Waals surface area (Å²) in [6.07, 6.45) is 3.54. The van der Waals surface area contributed by atoms with Gasteiger partial charge >= 0.3 is 0 Å². The molecule has 98 valence electrons. The number of thiazole rings is 1. The van der Waals surface area contributed by atoms with Crippen molar-refractivity contribution in [1.29, 1.82) is 0 Å². The largest absolute Gasteiger partial charge is 0.317 e. The van der Waals surface area contributed by atoms with Gasteiger partial charge in [-0.05, 0) is 37.9 Å². The Hall–Kier alpha value is -0.930. The minimum absolute atomic E-state index is 0.549. The van der Waals surface area contributed by atoms with Gasteiger partial charge in [-0.3, -0.25) is 0 Å². The van der Waals surface area contributed by atoms with Gasteiger partial charge < -0.3 is 5.32 Å². The molecule has 0 radical (unpaired) electrons. The molecule has 1 aromatic heterocycles. The van der Waals surface area contributed by atoms with Crippen LogP contribution in [-0.4, -0.2) is 18.1 Å². The number of para-hydroxylation sites is 1. The van der Waals surface area contributed by atoms with Crippen LogP contribution in [-0.2, 0) is 6.42 Å². The van der Waals surface area contributed by atoms with E-state index in [0.717, 1.165) is 17.9 Å². The van der Waals surface area contributed by atoms with Gasteiger partial charge in [0.2, 0.25) is 0 Å². The third kappa shape index (κ3) is 3.53. The van der Waals surface area contributed by atoms with E-state index in [9.17, 15) is 0 Å². The quantitative estimate of drug-likeness (QED) is 0.855. The lowest BCUT2D eigenvalue weighted by Crippen LogP contribution is -2.27. The van der Waals surface area contributed by atoms with Crippen LogP contribution in [0.25, 0.3) is 10.2 Å². The second-order valence-electron chi connectivity index (χ2n) is 5.24. The van der Waals surface area contributed by atoms with E-state index >= 15 is 0 Å². The van der Waals surface area contributed by atoms with Crippen molar-refractivity contribution in [3.8, 4) is 0 Å². The summed E-state index contributed by atoms with van der Waals surface area (Å²) < 4.78 is 1.30. The molecule has 1 unspecified atom stereocenters. The molecule has 1 N–H and O–H groups in total. The predicted molar refractivity (Wildman–Crippen MR) is 80.2 cm³/mol. The van der Waals surface area contributed by atoms with Gasteiger partial charge in [0.05, 0.1) is 15.2 Å². The maximum absolute atomic E-state index is 4.71. The zero-order chi connectivity index (χ0) is 13.0. The monoisotopic (exact) mass is 262 g/mol. The van der Waals surface area contributed by atoms with Crippen molar-refractivity contribution in [3.05, 3.63) is 29.3 Å². The molecule has 0 bridgehead atoms. The molecule has 0 spiro atoms. The number of likely N-dealkylation sites (N-methyl/N-ethyl adjacent to an activating group) is 1. The predicted octanol–water partition coefficient (Wildman–Crippen LogP) is 3.86. The molecule has 2 aromatic rings. The van der Waals surface area contributed by atoms with Crippen LogP contribution in [0.1, 0.15) is 31.7 Å². The lowest BCUT2D eigenvalue weighted by Gasteiger charge is -2.15. The summed E-state index contributed by atoms with van der Waals surface area (Å²) in [6.45, 7) is 4.56. The first-order valence-corrected chi connectivity index (χ1v) is 7.52. The van der Waals surface area contributed by atoms with Gasteiger partial charge in [0.25, 0.3) is 0 Å². The highest BCUT2D eigenvalue weighted by Crippen LogP contribution is 2.23. The Morgan fingerprint density at radius 3 is 2.67 bits per heavy atom. The second-order valence-corrected chi connectivity index (χ2v) is 6.35. The molecule has 0 fully saturated rings. The van der Waals surface area contributed by atoms with Crippen LogP contribution < -0.4 is 5.32 Å². The summed E-state index contributed by atoms with van der Waals surface area (Å²) in [6, 6.07) is 8.93. The molecular formula is C15H22N2S. The average Bonchev–Trinajstić information content (AvgIpc) is 2.76. The normalized spacial score (nSPS) is 13.3. The molecule has 0 saturated heterocycles. The van der Waals surface area contributed by atoms with Crippen LogP contribution in [0.4, 0.5) is 0 Å². The zero-order valence-electron chi connectivity index (χ0n) is 11.4. The Morgan fingerprint density at radius 2 is 2.00 bits per heavy atom. The molecule has 0 amide bonds. The molecule has 0 aliphatic rings. The van der Waals surface area contributed by atoms with Gasteiger partial charge in [0.1, 0.15) is 0 Å². The van der Waals surface area contributed by atoms with Crippen molar-refractivity contribution in [2.45, 2.75) is 39.2 Å². The highest BCUT2D eigenvalue weighted by Gasteiger charge is 2.11. The zero-order valence-corrected chi connectivity index (χ0v) is 12.3. The first-order valence-electron chi connectivity index (χ1n) is 6.70. The molecule has 0 aliphatic heterocycles. The SMILES string of the molecule is CNC(CCC(C)C)Cc1nc2ccccc2s1. The van der Waals surface area contributed by atoms with E-state index in [-0.39, 0.29) is 0 Å². The summed E-state index contributed by atoms with van der Waals surface area (Å²) in [5, 5.41) is 4.67. The van der Waals surface area contributed by atoms with Crippen molar-refractivity contribution < 1.29 is 0 Å². The van der Waals surface area contributed by atoms with Crippen LogP contribution in [0.3, 0.4) is 0 Å². The highest BCUT2D eigenvalue weighted by atomic mass is 32.1. The number of hydrogen-bond acceptors (Lipinski definition) is 3. The summed E-state index contributed by atoms with van der Waals surface area (Å²) in [5.41, 5.74) is 1.14. The molecule has 3 heteroatoms. The first-order chi connectivity index (χ1) is 8.69. The molecule has 1 heterocycles. The molecule has 2 nitrogen and oxygen atoms in total. The molecule has 1 aromatic carbocycles. The Balaban J connectivity index is 2.02. The molecule has 18 heavy (non-hydrogen) atoms. The Kier molecular flexibility index (Phi) is 4.72. The average molecular weight is 262 g/mol. The summed E-state index contributed by atoms with van der Waals surface area (Å²) in [4.78, 5) is 4.71. The molecule has 0 aliphatic carbocycles. The minimum atomic E-state index is 0.549. The van der Waals surface area contributed by atoms with Gasteiger partial charge in [-0.2, -0.15) is 0 Å². The van der Waals surface area contributed by atoms with Crippen molar-refractivity contribution >= 4 is 21.6 Å². The summed E-state index contributed by atoms with van der Waals surface area (Å²) >= 11 is 1.82. The van der Waals surface area contributed by atoms with Gasteiger partial charge in [-0.1, -0.05) is 26.0 Å². The topological polar surface area (TPSA) is 24.9 Å². The first kappa shape index (κ1) is 13.5. The fraction of sp³-hybridized carbons (Fsp3) is 0.533. The number of benzene rings is 1. The number of hydrogen-bond donors (Lipinski definition) is 1. The van der Waals surface area contributed by atoms with Crippen molar-refractivity contribution in [3.63, 3.8) is 0 Å². The molecular weight excluding hydrogens is 240 g/mol. The van der Waals surface area contributed by atoms with Gasteiger partial charge in [-0.25, -0.2) is 4.98 Å². The number of nitrogens with zero attached hydrogens (tertiary/aromatic N) is 1. The maximum atomic E-state index is 4.71. The lowest BCUT2D eigenvalue weighted by molar-refractivity contribution is 0.450. The Morgan fingerprint density at radius 1 is 1.22 bits per heavy atom. The van der Waals surface area contributed by atoms with Crippen LogP contribution in [0.15, 0.2) is 24.3 Å². The smallest absolute Gasteiger partial charge is 0.0954 e. The van der Waals surface area contributed by atoms with Crippen LogP contribution in [0.5, 0.6) is 0 Å². The van der Waals surface area contributed by atoms with E-state index in [2.05, 4.69) is 50.5 Å². The van der Waals surface area contributed by atoms with E-state index in [0.29, 0.717) is 6.04 Å². The Labute approximate surface area is 113 Å². The summed E-state index contributed by atoms with van der Waals surface area (Å²) in [7, 11) is 2.05. The van der Waals surface area contributed by atoms with Gasteiger partial charge in [0.15, 0.2) is 0 Å². The molecule has 2 rings (SSSR count). The van der Waals surface area contributed by atoms with E-state index in [1.54, 1.807) is 0 Å². The second kappa shape index (κ2) is 6.30. The van der Waals surface area contributed by atoms with E-state index in [4.69, 9.17) is 4.98 Å². The number of fused-ring (bicyclic) bond motifs is 1.